The van der Waals surface area contributed by atoms with E-state index in [1.165, 1.54) is 62.0 Å². The van der Waals surface area contributed by atoms with Gasteiger partial charge in [0.2, 0.25) is 0 Å². The Morgan fingerprint density at radius 2 is 1.71 bits per heavy atom. The fourth-order valence-electron chi connectivity index (χ4n) is 3.09. The first-order valence-corrected chi connectivity index (χ1v) is 12.8. The predicted octanol–water partition coefficient (Wildman–Crippen LogP) is 6.86. The van der Waals surface area contributed by atoms with E-state index in [0.29, 0.717) is 5.92 Å². The normalized spacial score (nSPS) is 14.5. The molecule has 1 aliphatic rings. The molecular formula is C25H29NSiZr-4. The van der Waals surface area contributed by atoms with Crippen LogP contribution in [0.4, 0.5) is 0 Å². The molecule has 0 N–H and O–H groups in total. The molecule has 2 aromatic carbocycles. The zero-order valence-electron chi connectivity index (χ0n) is 17.8. The van der Waals surface area contributed by atoms with Crippen molar-refractivity contribution in [3.63, 3.8) is 0 Å². The molecule has 2 radical (unpaired) electrons. The summed E-state index contributed by atoms with van der Waals surface area (Å²) in [6.07, 6.45) is 7.06. The Balaban J connectivity index is 0.000000491. The van der Waals surface area contributed by atoms with Gasteiger partial charge in [-0.1, -0.05) is 38.8 Å². The summed E-state index contributed by atoms with van der Waals surface area (Å²) in [6.45, 7) is 11.7. The number of rotatable bonds is 1. The van der Waals surface area contributed by atoms with Crippen LogP contribution in [0.3, 0.4) is 0 Å². The molecule has 28 heavy (non-hydrogen) atoms. The van der Waals surface area contributed by atoms with Gasteiger partial charge in [0.25, 0.3) is 0 Å². The zero-order valence-corrected chi connectivity index (χ0v) is 21.3. The van der Waals surface area contributed by atoms with Crippen molar-refractivity contribution in [1.29, 1.82) is 0 Å². The fraction of sp³-hybridized carbons (Fsp3) is 0.200. The molecule has 1 nitrogen and oxygen atoms in total. The van der Waals surface area contributed by atoms with Gasteiger partial charge < -0.3 is 14.9 Å². The summed E-state index contributed by atoms with van der Waals surface area (Å²) < 4.78 is 0. The molecule has 1 aromatic heterocycles. The molecule has 0 saturated heterocycles. The van der Waals surface area contributed by atoms with E-state index >= 15 is 0 Å². The molecule has 1 atom stereocenters. The topological polar surface area (TPSA) is 12.9 Å². The number of fused-ring (bicyclic) bond motifs is 1. The van der Waals surface area contributed by atoms with E-state index in [1.54, 1.807) is 6.20 Å². The third kappa shape index (κ3) is 6.29. The van der Waals surface area contributed by atoms with Crippen LogP contribution >= 0.6 is 0 Å². The number of benzene rings is 1. The van der Waals surface area contributed by atoms with E-state index in [0.717, 1.165) is 0 Å². The average molecular weight is 463 g/mol. The first-order chi connectivity index (χ1) is 12.6. The molecule has 0 spiro atoms. The van der Waals surface area contributed by atoms with Gasteiger partial charge in [0.15, 0.2) is 0 Å². The summed E-state index contributed by atoms with van der Waals surface area (Å²) in [4.78, 5) is 4.15. The van der Waals surface area contributed by atoms with Gasteiger partial charge in [-0.05, 0) is 11.6 Å². The number of aromatic nitrogens is 1. The molecule has 0 amide bonds. The Morgan fingerprint density at radius 1 is 1.04 bits per heavy atom. The molecule has 146 valence electrons. The van der Waals surface area contributed by atoms with Crippen LogP contribution in [0.1, 0.15) is 27.7 Å². The van der Waals surface area contributed by atoms with E-state index in [2.05, 4.69) is 88.1 Å². The van der Waals surface area contributed by atoms with Crippen molar-refractivity contribution < 1.29 is 23.3 Å². The van der Waals surface area contributed by atoms with Crippen LogP contribution in [0.25, 0.3) is 21.9 Å². The van der Waals surface area contributed by atoms with E-state index in [1.807, 2.05) is 12.3 Å². The van der Waals surface area contributed by atoms with E-state index < -0.39 is 0 Å². The van der Waals surface area contributed by atoms with Crippen molar-refractivity contribution in [2.45, 2.75) is 27.7 Å². The van der Waals surface area contributed by atoms with Gasteiger partial charge in [-0.2, -0.15) is 11.1 Å². The van der Waals surface area contributed by atoms with E-state index in [9.17, 15) is 0 Å². The van der Waals surface area contributed by atoms with E-state index in [-0.39, 0.29) is 14.9 Å². The second-order valence-corrected chi connectivity index (χ2v) is 6.37. The molecule has 0 bridgehead atoms. The number of nitrogens with zero attached hydrogens (tertiary/aromatic N) is 1. The van der Waals surface area contributed by atoms with Crippen LogP contribution in [0.2, 0.25) is 0 Å². The van der Waals surface area contributed by atoms with Gasteiger partial charge in [0, 0.05) is 12.4 Å². The molecule has 0 saturated carbocycles. The summed E-state index contributed by atoms with van der Waals surface area (Å²) in [5, 5.41) is 2.59. The summed E-state index contributed by atoms with van der Waals surface area (Å²) in [6, 6.07) is 16.8. The Bertz CT molecular complexity index is 922. The maximum Gasteiger partial charge on any atom is 0.0267 e. The van der Waals surface area contributed by atoms with Crippen molar-refractivity contribution in [2.24, 2.45) is 5.92 Å². The smallest absolute Gasteiger partial charge is 0.0267 e. The van der Waals surface area contributed by atoms with Crippen molar-refractivity contribution in [1.82, 2.24) is 4.98 Å². The molecule has 0 fully saturated rings. The van der Waals surface area contributed by atoms with Gasteiger partial charge in [0.05, 0.1) is 0 Å². The second-order valence-electron chi connectivity index (χ2n) is 6.37. The summed E-state index contributed by atoms with van der Waals surface area (Å²) in [5.74, 6) is 0.560. The van der Waals surface area contributed by atoms with Crippen LogP contribution in [-0.2, 0) is 23.3 Å². The first-order valence-electron chi connectivity index (χ1n) is 8.65. The third-order valence-electron chi connectivity index (χ3n) is 4.89. The average Bonchev–Trinajstić information content (AvgIpc) is 3.22. The molecular weight excluding hydrogens is 434 g/mol. The maximum absolute atomic E-state index is 4.15. The second kappa shape index (κ2) is 12.9. The number of hydrogen-bond acceptors (Lipinski definition) is 1. The Hall–Kier alpha value is -1.44. The standard InChI is InChI=1S/C14H10N.C9H13.2CH3.Si.Zr/c1-2-6-13-11(4-1)7-8-14(13)12-5-3-9-15-10-12;1-6-5-7(2)9(4)8(6)3;;;;/h1-10H;6H,1-4H3;2*1H3;;/q4*-1;;. The van der Waals surface area contributed by atoms with E-state index in [4.69, 9.17) is 0 Å². The molecule has 1 unspecified atom stereocenters. The van der Waals surface area contributed by atoms with Crippen LogP contribution in [0.5, 0.6) is 0 Å². The third-order valence-corrected chi connectivity index (χ3v) is 4.89. The number of hydrogen-bond donors (Lipinski definition) is 0. The Morgan fingerprint density at radius 3 is 2.21 bits per heavy atom. The minimum Gasteiger partial charge on any atom is -0.265 e. The molecule has 4 rings (SSSR count). The largest absolute Gasteiger partial charge is 0.265 e. The van der Waals surface area contributed by atoms with Crippen LogP contribution in [0, 0.1) is 26.8 Å². The molecule has 3 heteroatoms. The van der Waals surface area contributed by atoms with Crippen molar-refractivity contribution in [2.75, 3.05) is 0 Å². The minimum atomic E-state index is 0. The monoisotopic (exact) mass is 461 g/mol. The van der Waals surface area contributed by atoms with Crippen molar-refractivity contribution in [3.8, 4) is 11.1 Å². The summed E-state index contributed by atoms with van der Waals surface area (Å²) in [7, 11) is 0. The number of pyridine rings is 1. The number of allylic oxidation sites excluding steroid dienone is 4. The zero-order chi connectivity index (χ0) is 19.1. The molecule has 1 heterocycles. The molecule has 3 aromatic rings. The van der Waals surface area contributed by atoms with Crippen LogP contribution in [-0.4, -0.2) is 11.9 Å². The fourth-order valence-corrected chi connectivity index (χ4v) is 3.09. The first kappa shape index (κ1) is 26.6. The summed E-state index contributed by atoms with van der Waals surface area (Å²) in [5.41, 5.74) is 6.69. The SMILES string of the molecule is CC1=[C-]C(C)C(C)=C1C.[CH3-].[CH3-].[Si]=[Zr].c1cncc(-c2c[cH-]c3ccccc23)c1. The van der Waals surface area contributed by atoms with Gasteiger partial charge in [-0.25, -0.2) is 5.57 Å². The van der Waals surface area contributed by atoms with Crippen LogP contribution < -0.4 is 0 Å². The predicted molar refractivity (Wildman–Crippen MR) is 121 cm³/mol. The minimum absolute atomic E-state index is 0. The Labute approximate surface area is 188 Å². The van der Waals surface area contributed by atoms with Gasteiger partial charge >= 0.3 is 30.2 Å². The van der Waals surface area contributed by atoms with Crippen molar-refractivity contribution >= 4 is 17.7 Å². The van der Waals surface area contributed by atoms with Gasteiger partial charge in [-0.3, -0.25) is 11.1 Å². The van der Waals surface area contributed by atoms with Crippen LogP contribution in [0.15, 0.2) is 77.6 Å². The van der Waals surface area contributed by atoms with Gasteiger partial charge in [-0.15, -0.1) is 53.6 Å². The molecule has 1 aliphatic carbocycles. The Kier molecular flexibility index (Phi) is 12.2. The summed E-state index contributed by atoms with van der Waals surface area (Å²) >= 11 is 1.36. The molecule has 0 aliphatic heterocycles. The maximum atomic E-state index is 4.15. The quantitative estimate of drug-likeness (QED) is 0.284. The van der Waals surface area contributed by atoms with Gasteiger partial charge in [0.1, 0.15) is 0 Å². The van der Waals surface area contributed by atoms with Crippen molar-refractivity contribution in [3.05, 3.63) is 98.6 Å².